The molecule has 0 aromatic carbocycles. The molecule has 3 nitrogen and oxygen atoms in total. The topological polar surface area (TPSA) is 38.7 Å². The van der Waals surface area contributed by atoms with E-state index < -0.39 is 0 Å². The molecule has 0 unspecified atom stereocenters. The Hall–Kier alpha value is -1.48. The molecular formula is C12H12ClN3. The van der Waals surface area contributed by atoms with Gasteiger partial charge in [0.2, 0.25) is 0 Å². The zero-order chi connectivity index (χ0) is 11.5. The van der Waals surface area contributed by atoms with E-state index in [1.807, 2.05) is 32.0 Å². The van der Waals surface area contributed by atoms with E-state index in [0.717, 1.165) is 22.8 Å². The first kappa shape index (κ1) is 11.0. The molecule has 16 heavy (non-hydrogen) atoms. The molecule has 0 N–H and O–H groups in total. The van der Waals surface area contributed by atoms with Crippen molar-refractivity contribution in [2.75, 3.05) is 0 Å². The van der Waals surface area contributed by atoms with Gasteiger partial charge in [0.15, 0.2) is 5.15 Å². The molecule has 2 aromatic heterocycles. The van der Waals surface area contributed by atoms with E-state index in [1.54, 1.807) is 6.20 Å². The molecule has 0 fully saturated rings. The Bertz CT molecular complexity index is 497. The molecule has 2 aromatic rings. The van der Waals surface area contributed by atoms with Crippen LogP contribution in [0.1, 0.15) is 22.8 Å². The molecule has 0 aliphatic rings. The van der Waals surface area contributed by atoms with Crippen molar-refractivity contribution in [3.63, 3.8) is 0 Å². The van der Waals surface area contributed by atoms with E-state index in [2.05, 4.69) is 15.0 Å². The van der Waals surface area contributed by atoms with E-state index in [0.29, 0.717) is 11.6 Å². The lowest BCUT2D eigenvalue weighted by Gasteiger charge is -2.05. The first-order valence-corrected chi connectivity index (χ1v) is 5.44. The number of aryl methyl sites for hydroxylation is 2. The maximum Gasteiger partial charge on any atom is 0.151 e. The Labute approximate surface area is 99.5 Å². The fourth-order valence-corrected chi connectivity index (χ4v) is 1.64. The fraction of sp³-hybridized carbons (Fsp3) is 0.250. The van der Waals surface area contributed by atoms with Crippen molar-refractivity contribution in [2.24, 2.45) is 0 Å². The molecule has 0 saturated heterocycles. The summed E-state index contributed by atoms with van der Waals surface area (Å²) >= 11 is 6.05. The van der Waals surface area contributed by atoms with Gasteiger partial charge in [-0.1, -0.05) is 17.7 Å². The highest BCUT2D eigenvalue weighted by Gasteiger charge is 2.08. The van der Waals surface area contributed by atoms with Crippen molar-refractivity contribution >= 4 is 11.6 Å². The second-order valence-electron chi connectivity index (χ2n) is 3.63. The molecule has 2 heterocycles. The predicted octanol–water partition coefficient (Wildman–Crippen LogP) is 2.73. The summed E-state index contributed by atoms with van der Waals surface area (Å²) in [4.78, 5) is 12.9. The van der Waals surface area contributed by atoms with Gasteiger partial charge in [0.05, 0.1) is 17.1 Å². The molecule has 0 aliphatic heterocycles. The van der Waals surface area contributed by atoms with Crippen LogP contribution in [-0.4, -0.2) is 15.0 Å². The summed E-state index contributed by atoms with van der Waals surface area (Å²) in [5.74, 6) is 0. The minimum atomic E-state index is 0.466. The highest BCUT2D eigenvalue weighted by molar-refractivity contribution is 6.30. The molecule has 0 radical (unpaired) electrons. The second-order valence-corrected chi connectivity index (χ2v) is 3.99. The molecule has 4 heteroatoms. The van der Waals surface area contributed by atoms with Gasteiger partial charge in [-0.05, 0) is 26.0 Å². The van der Waals surface area contributed by atoms with Crippen molar-refractivity contribution in [3.8, 4) is 0 Å². The number of rotatable bonds is 2. The first-order valence-electron chi connectivity index (χ1n) is 5.06. The Morgan fingerprint density at radius 1 is 1.12 bits per heavy atom. The Kier molecular flexibility index (Phi) is 3.15. The molecule has 0 atom stereocenters. The zero-order valence-corrected chi connectivity index (χ0v) is 9.99. The SMILES string of the molecule is Cc1nc(Cl)c(Cc2ccccn2)nc1C. The summed E-state index contributed by atoms with van der Waals surface area (Å²) < 4.78 is 0. The third-order valence-corrected chi connectivity index (χ3v) is 2.71. The van der Waals surface area contributed by atoms with Crippen LogP contribution >= 0.6 is 11.6 Å². The summed E-state index contributed by atoms with van der Waals surface area (Å²) in [6, 6.07) is 5.79. The molecule has 0 bridgehead atoms. The van der Waals surface area contributed by atoms with Gasteiger partial charge in [-0.25, -0.2) is 4.98 Å². The average Bonchev–Trinajstić information content (AvgIpc) is 2.27. The third-order valence-electron chi connectivity index (χ3n) is 2.40. The van der Waals surface area contributed by atoms with Gasteiger partial charge in [0, 0.05) is 18.3 Å². The van der Waals surface area contributed by atoms with Crippen LogP contribution in [0.2, 0.25) is 5.15 Å². The van der Waals surface area contributed by atoms with Gasteiger partial charge in [0.25, 0.3) is 0 Å². The summed E-state index contributed by atoms with van der Waals surface area (Å²) in [5.41, 5.74) is 3.51. The number of pyridine rings is 1. The highest BCUT2D eigenvalue weighted by atomic mass is 35.5. The maximum atomic E-state index is 6.05. The quantitative estimate of drug-likeness (QED) is 0.801. The molecule has 0 aliphatic carbocycles. The summed E-state index contributed by atoms with van der Waals surface area (Å²) in [6.45, 7) is 3.83. The van der Waals surface area contributed by atoms with Crippen LogP contribution in [0, 0.1) is 13.8 Å². The van der Waals surface area contributed by atoms with Crippen LogP contribution in [-0.2, 0) is 6.42 Å². The fourth-order valence-electron chi connectivity index (χ4n) is 1.41. The average molecular weight is 234 g/mol. The van der Waals surface area contributed by atoms with Gasteiger partial charge in [-0.2, -0.15) is 0 Å². The normalized spacial score (nSPS) is 10.4. The highest BCUT2D eigenvalue weighted by Crippen LogP contribution is 2.16. The van der Waals surface area contributed by atoms with E-state index in [4.69, 9.17) is 11.6 Å². The first-order chi connectivity index (χ1) is 7.66. The van der Waals surface area contributed by atoms with Crippen LogP contribution in [0.25, 0.3) is 0 Å². The largest absolute Gasteiger partial charge is 0.261 e. The Morgan fingerprint density at radius 3 is 2.56 bits per heavy atom. The lowest BCUT2D eigenvalue weighted by Crippen LogP contribution is -2.01. The number of hydrogen-bond donors (Lipinski definition) is 0. The Balaban J connectivity index is 2.32. The molecule has 0 spiro atoms. The van der Waals surface area contributed by atoms with Crippen LogP contribution in [0.5, 0.6) is 0 Å². The Morgan fingerprint density at radius 2 is 1.88 bits per heavy atom. The molecule has 2 rings (SSSR count). The minimum Gasteiger partial charge on any atom is -0.261 e. The van der Waals surface area contributed by atoms with Gasteiger partial charge >= 0.3 is 0 Å². The van der Waals surface area contributed by atoms with Crippen molar-refractivity contribution < 1.29 is 0 Å². The zero-order valence-electron chi connectivity index (χ0n) is 9.24. The molecular weight excluding hydrogens is 222 g/mol. The smallest absolute Gasteiger partial charge is 0.151 e. The van der Waals surface area contributed by atoms with Gasteiger partial charge in [-0.15, -0.1) is 0 Å². The van der Waals surface area contributed by atoms with E-state index in [-0.39, 0.29) is 0 Å². The monoisotopic (exact) mass is 233 g/mol. The summed E-state index contributed by atoms with van der Waals surface area (Å²) in [7, 11) is 0. The van der Waals surface area contributed by atoms with Crippen molar-refractivity contribution in [2.45, 2.75) is 20.3 Å². The summed E-state index contributed by atoms with van der Waals surface area (Å²) in [5, 5.41) is 0.466. The van der Waals surface area contributed by atoms with Crippen molar-refractivity contribution in [3.05, 3.63) is 52.3 Å². The van der Waals surface area contributed by atoms with Crippen LogP contribution in [0.15, 0.2) is 24.4 Å². The van der Waals surface area contributed by atoms with E-state index in [1.165, 1.54) is 0 Å². The molecule has 0 saturated carbocycles. The minimum absolute atomic E-state index is 0.466. The number of nitrogens with zero attached hydrogens (tertiary/aromatic N) is 3. The van der Waals surface area contributed by atoms with E-state index >= 15 is 0 Å². The van der Waals surface area contributed by atoms with Crippen molar-refractivity contribution in [1.29, 1.82) is 0 Å². The predicted molar refractivity (Wildman–Crippen MR) is 63.6 cm³/mol. The second kappa shape index (κ2) is 4.58. The number of hydrogen-bond acceptors (Lipinski definition) is 3. The van der Waals surface area contributed by atoms with Gasteiger partial charge in [-0.3, -0.25) is 9.97 Å². The third kappa shape index (κ3) is 2.36. The number of halogens is 1. The van der Waals surface area contributed by atoms with Crippen LogP contribution < -0.4 is 0 Å². The molecule has 0 amide bonds. The maximum absolute atomic E-state index is 6.05. The lowest BCUT2D eigenvalue weighted by atomic mass is 10.2. The lowest BCUT2D eigenvalue weighted by molar-refractivity contribution is 0.938. The van der Waals surface area contributed by atoms with Crippen molar-refractivity contribution in [1.82, 2.24) is 15.0 Å². The summed E-state index contributed by atoms with van der Waals surface area (Å²) in [6.07, 6.45) is 2.38. The molecule has 82 valence electrons. The standard InChI is InChI=1S/C12H12ClN3/c1-8-9(2)16-12(13)11(15-8)7-10-5-3-4-6-14-10/h3-6H,7H2,1-2H3. The van der Waals surface area contributed by atoms with E-state index in [9.17, 15) is 0 Å². The van der Waals surface area contributed by atoms with Gasteiger partial charge < -0.3 is 0 Å². The van der Waals surface area contributed by atoms with Crippen LogP contribution in [0.4, 0.5) is 0 Å². The number of aromatic nitrogens is 3. The van der Waals surface area contributed by atoms with Gasteiger partial charge in [0.1, 0.15) is 0 Å². The van der Waals surface area contributed by atoms with Crippen LogP contribution in [0.3, 0.4) is 0 Å².